The lowest BCUT2D eigenvalue weighted by Crippen LogP contribution is -2.09. The Kier molecular flexibility index (Phi) is 5.73. The Bertz CT molecular complexity index is 1830. The monoisotopic (exact) mass is 503 g/mol. The molecule has 180 valence electrons. The van der Waals surface area contributed by atoms with Crippen molar-refractivity contribution in [2.24, 2.45) is 0 Å². The minimum absolute atomic E-state index is 1.13. The average molecular weight is 504 g/mol. The highest BCUT2D eigenvalue weighted by atomic mass is 32.1. The van der Waals surface area contributed by atoms with Gasteiger partial charge in [0.1, 0.15) is 0 Å². The summed E-state index contributed by atoms with van der Waals surface area (Å²) in [4.78, 5) is 2.31. The highest BCUT2D eigenvalue weighted by molar-refractivity contribution is 7.25. The summed E-state index contributed by atoms with van der Waals surface area (Å²) in [6.07, 6.45) is 0. The first-order chi connectivity index (χ1) is 18.8. The maximum atomic E-state index is 2.33. The fraction of sp³-hybridized carbons (Fsp3) is 0. The van der Waals surface area contributed by atoms with Crippen LogP contribution in [-0.4, -0.2) is 0 Å². The zero-order valence-corrected chi connectivity index (χ0v) is 21.6. The van der Waals surface area contributed by atoms with E-state index in [1.165, 1.54) is 42.4 Å². The van der Waals surface area contributed by atoms with Gasteiger partial charge in [0, 0.05) is 37.2 Å². The molecule has 6 aromatic carbocycles. The predicted octanol–water partition coefficient (Wildman–Crippen LogP) is 10.9. The second-order valence-electron chi connectivity index (χ2n) is 9.44. The standard InChI is InChI=1S/C36H25NS/c1-3-9-26(10-4-1)27-15-20-31(21-16-27)37(30-11-5-2-6-12-30)32-22-17-28(18-23-32)29-19-24-36-34(25-29)33-13-7-8-14-35(33)38-36/h1-25H. The van der Waals surface area contributed by atoms with E-state index in [4.69, 9.17) is 0 Å². The van der Waals surface area contributed by atoms with Gasteiger partial charge in [-0.05, 0) is 76.9 Å². The molecular weight excluding hydrogens is 478 g/mol. The van der Waals surface area contributed by atoms with Gasteiger partial charge in [-0.15, -0.1) is 11.3 Å². The first kappa shape index (κ1) is 22.5. The number of hydrogen-bond acceptors (Lipinski definition) is 2. The minimum atomic E-state index is 1.13. The lowest BCUT2D eigenvalue weighted by molar-refractivity contribution is 1.28. The van der Waals surface area contributed by atoms with Crippen LogP contribution < -0.4 is 4.90 Å². The molecule has 0 saturated carbocycles. The Morgan fingerprint density at radius 1 is 0.342 bits per heavy atom. The first-order valence-corrected chi connectivity index (χ1v) is 13.7. The normalized spacial score (nSPS) is 11.2. The molecule has 7 aromatic rings. The predicted molar refractivity (Wildman–Crippen MR) is 165 cm³/mol. The van der Waals surface area contributed by atoms with Crippen LogP contribution >= 0.6 is 11.3 Å². The van der Waals surface area contributed by atoms with E-state index in [0.717, 1.165) is 17.1 Å². The van der Waals surface area contributed by atoms with Crippen molar-refractivity contribution >= 4 is 48.6 Å². The molecule has 0 fully saturated rings. The topological polar surface area (TPSA) is 3.24 Å². The molecule has 1 heterocycles. The van der Waals surface area contributed by atoms with Crippen molar-refractivity contribution in [1.82, 2.24) is 0 Å². The molecular formula is C36H25NS. The molecule has 0 aliphatic heterocycles. The van der Waals surface area contributed by atoms with Gasteiger partial charge in [0.15, 0.2) is 0 Å². The SMILES string of the molecule is c1ccc(-c2ccc(N(c3ccccc3)c3ccc(-c4ccc5sc6ccccc6c5c4)cc3)cc2)cc1. The second-order valence-corrected chi connectivity index (χ2v) is 10.5. The summed E-state index contributed by atoms with van der Waals surface area (Å²) >= 11 is 1.86. The van der Waals surface area contributed by atoms with E-state index in [2.05, 4.69) is 157 Å². The zero-order chi connectivity index (χ0) is 25.3. The van der Waals surface area contributed by atoms with E-state index in [9.17, 15) is 0 Å². The van der Waals surface area contributed by atoms with Crippen LogP contribution in [0.1, 0.15) is 0 Å². The van der Waals surface area contributed by atoms with Gasteiger partial charge in [-0.1, -0.05) is 97.1 Å². The molecule has 0 N–H and O–H groups in total. The first-order valence-electron chi connectivity index (χ1n) is 12.9. The summed E-state index contributed by atoms with van der Waals surface area (Å²) in [6.45, 7) is 0. The smallest absolute Gasteiger partial charge is 0.0462 e. The van der Waals surface area contributed by atoms with Gasteiger partial charge in [0.2, 0.25) is 0 Å². The number of fused-ring (bicyclic) bond motifs is 3. The second kappa shape index (κ2) is 9.66. The van der Waals surface area contributed by atoms with Gasteiger partial charge in [-0.25, -0.2) is 0 Å². The lowest BCUT2D eigenvalue weighted by Gasteiger charge is -2.26. The molecule has 2 heteroatoms. The van der Waals surface area contributed by atoms with Gasteiger partial charge in [0.05, 0.1) is 0 Å². The van der Waals surface area contributed by atoms with Crippen LogP contribution in [0.3, 0.4) is 0 Å². The number of rotatable bonds is 5. The molecule has 0 aliphatic carbocycles. The van der Waals surface area contributed by atoms with Crippen molar-refractivity contribution in [2.45, 2.75) is 0 Å². The Morgan fingerprint density at radius 2 is 0.816 bits per heavy atom. The summed E-state index contributed by atoms with van der Waals surface area (Å²) in [5, 5.41) is 2.66. The van der Waals surface area contributed by atoms with Crippen molar-refractivity contribution in [2.75, 3.05) is 4.90 Å². The van der Waals surface area contributed by atoms with E-state index >= 15 is 0 Å². The van der Waals surface area contributed by atoms with Crippen LogP contribution in [0.2, 0.25) is 0 Å². The molecule has 38 heavy (non-hydrogen) atoms. The van der Waals surface area contributed by atoms with Crippen LogP contribution in [0, 0.1) is 0 Å². The fourth-order valence-corrected chi connectivity index (χ4v) is 6.25. The van der Waals surface area contributed by atoms with Crippen LogP contribution in [0.5, 0.6) is 0 Å². The molecule has 0 bridgehead atoms. The molecule has 0 spiro atoms. The third kappa shape index (κ3) is 4.15. The number of para-hydroxylation sites is 1. The molecule has 7 rings (SSSR count). The number of anilines is 3. The maximum absolute atomic E-state index is 2.33. The number of nitrogens with zero attached hydrogens (tertiary/aromatic N) is 1. The van der Waals surface area contributed by atoms with E-state index in [-0.39, 0.29) is 0 Å². The van der Waals surface area contributed by atoms with Gasteiger partial charge in [-0.3, -0.25) is 0 Å². The Morgan fingerprint density at radius 3 is 1.50 bits per heavy atom. The molecule has 0 unspecified atom stereocenters. The van der Waals surface area contributed by atoms with Crippen molar-refractivity contribution in [3.63, 3.8) is 0 Å². The number of hydrogen-bond donors (Lipinski definition) is 0. The van der Waals surface area contributed by atoms with Crippen molar-refractivity contribution in [3.05, 3.63) is 152 Å². The molecule has 1 nitrogen and oxygen atoms in total. The Hall–Kier alpha value is -4.66. The van der Waals surface area contributed by atoms with Gasteiger partial charge >= 0.3 is 0 Å². The summed E-state index contributed by atoms with van der Waals surface area (Å²) in [5.41, 5.74) is 8.31. The van der Waals surface area contributed by atoms with Crippen LogP contribution in [0.15, 0.2) is 152 Å². The summed E-state index contributed by atoms with van der Waals surface area (Å²) < 4.78 is 2.67. The summed E-state index contributed by atoms with van der Waals surface area (Å²) in [6, 6.07) is 54.3. The van der Waals surface area contributed by atoms with Gasteiger partial charge in [0.25, 0.3) is 0 Å². The highest BCUT2D eigenvalue weighted by Gasteiger charge is 2.13. The van der Waals surface area contributed by atoms with Crippen molar-refractivity contribution in [1.29, 1.82) is 0 Å². The van der Waals surface area contributed by atoms with Crippen molar-refractivity contribution < 1.29 is 0 Å². The van der Waals surface area contributed by atoms with Gasteiger partial charge in [-0.2, -0.15) is 0 Å². The third-order valence-electron chi connectivity index (χ3n) is 7.08. The summed E-state index contributed by atoms with van der Waals surface area (Å²) in [7, 11) is 0. The number of benzene rings is 6. The lowest BCUT2D eigenvalue weighted by atomic mass is 10.0. The quantitative estimate of drug-likeness (QED) is 0.226. The van der Waals surface area contributed by atoms with E-state index in [1.807, 2.05) is 11.3 Å². The zero-order valence-electron chi connectivity index (χ0n) is 20.8. The molecule has 1 aromatic heterocycles. The molecule has 0 saturated heterocycles. The molecule has 0 radical (unpaired) electrons. The van der Waals surface area contributed by atoms with Crippen molar-refractivity contribution in [3.8, 4) is 22.3 Å². The largest absolute Gasteiger partial charge is 0.311 e. The molecule has 0 aliphatic rings. The Labute approximate surface area is 226 Å². The van der Waals surface area contributed by atoms with E-state index in [1.54, 1.807) is 0 Å². The fourth-order valence-electron chi connectivity index (χ4n) is 5.17. The number of thiophene rings is 1. The summed E-state index contributed by atoms with van der Waals surface area (Å²) in [5.74, 6) is 0. The third-order valence-corrected chi connectivity index (χ3v) is 8.23. The van der Waals surface area contributed by atoms with E-state index in [0.29, 0.717) is 0 Å². The minimum Gasteiger partial charge on any atom is -0.311 e. The van der Waals surface area contributed by atoms with Crippen LogP contribution in [-0.2, 0) is 0 Å². The molecule has 0 amide bonds. The average Bonchev–Trinajstić information content (AvgIpc) is 3.37. The maximum Gasteiger partial charge on any atom is 0.0462 e. The van der Waals surface area contributed by atoms with Crippen LogP contribution in [0.4, 0.5) is 17.1 Å². The highest BCUT2D eigenvalue weighted by Crippen LogP contribution is 2.39. The molecule has 0 atom stereocenters. The van der Waals surface area contributed by atoms with Crippen LogP contribution in [0.25, 0.3) is 42.4 Å². The Balaban J connectivity index is 1.26. The van der Waals surface area contributed by atoms with Gasteiger partial charge < -0.3 is 4.90 Å². The van der Waals surface area contributed by atoms with E-state index < -0.39 is 0 Å².